The zero-order valence-electron chi connectivity index (χ0n) is 17.0. The van der Waals surface area contributed by atoms with Crippen molar-refractivity contribution in [3.05, 3.63) is 0 Å². The molecule has 3 heteroatoms. The highest BCUT2D eigenvalue weighted by Gasteiger charge is 2.62. The van der Waals surface area contributed by atoms with Crippen LogP contribution in [-0.4, -0.2) is 24.3 Å². The Kier molecular flexibility index (Phi) is 5.01. The Morgan fingerprint density at radius 3 is 2.58 bits per heavy atom. The lowest BCUT2D eigenvalue weighted by Crippen LogP contribution is -2.56. The van der Waals surface area contributed by atoms with Gasteiger partial charge in [-0.2, -0.15) is 0 Å². The first-order chi connectivity index (χ1) is 12.4. The van der Waals surface area contributed by atoms with E-state index in [-0.39, 0.29) is 12.2 Å². The lowest BCUT2D eigenvalue weighted by molar-refractivity contribution is -0.159. The maximum absolute atomic E-state index is 12.3. The third-order valence-electron chi connectivity index (χ3n) is 9.85. The van der Waals surface area contributed by atoms with E-state index in [2.05, 4.69) is 13.8 Å². The monoisotopic (exact) mass is 362 g/mol. The standard InChI is InChI=1S/C23H38O3/c1-15(25)19-9-10-20-18-8-7-16-5-4-6-17(13-26-14-24)23(16,3)21(18)11-12-22(19,20)2/h16-21,24H,4-14H2,1-3H3/t16-,17?,18+,19-,20+,21+,22-,23-/m1/s1. The Balaban J connectivity index is 1.62. The Hall–Kier alpha value is -0.410. The summed E-state index contributed by atoms with van der Waals surface area (Å²) in [6, 6.07) is 0. The number of ketones is 1. The van der Waals surface area contributed by atoms with Crippen LogP contribution in [0.1, 0.15) is 78.6 Å². The van der Waals surface area contributed by atoms with E-state index in [1.165, 1.54) is 51.4 Å². The number of carbonyl (C=O) groups is 1. The SMILES string of the molecule is CC(=O)[C@H]1CC[C@H]2[C@@H]3CC[C@H]4CCCC(COCO)[C@]4(C)[C@H]3CC[C@]12C. The topological polar surface area (TPSA) is 46.5 Å². The van der Waals surface area contributed by atoms with Gasteiger partial charge in [0.1, 0.15) is 12.6 Å². The van der Waals surface area contributed by atoms with E-state index in [4.69, 9.17) is 4.74 Å². The molecular formula is C23H38O3. The first-order valence-electron chi connectivity index (χ1n) is 11.1. The molecule has 1 unspecified atom stereocenters. The number of fused-ring (bicyclic) bond motifs is 5. The average Bonchev–Trinajstić information content (AvgIpc) is 2.97. The van der Waals surface area contributed by atoms with Crippen molar-refractivity contribution in [1.29, 1.82) is 0 Å². The minimum atomic E-state index is -0.146. The molecule has 4 saturated carbocycles. The number of carbonyl (C=O) groups excluding carboxylic acids is 1. The van der Waals surface area contributed by atoms with Gasteiger partial charge in [0.05, 0.1) is 6.61 Å². The molecule has 4 fully saturated rings. The van der Waals surface area contributed by atoms with Crippen LogP contribution in [0.15, 0.2) is 0 Å². The first-order valence-corrected chi connectivity index (χ1v) is 11.1. The van der Waals surface area contributed by atoms with Crippen LogP contribution in [0.3, 0.4) is 0 Å². The van der Waals surface area contributed by atoms with E-state index in [9.17, 15) is 9.90 Å². The summed E-state index contributed by atoms with van der Waals surface area (Å²) in [5, 5.41) is 9.19. The maximum atomic E-state index is 12.3. The molecule has 0 aromatic carbocycles. The predicted octanol–water partition coefficient (Wildman–Crippen LogP) is 4.82. The minimum absolute atomic E-state index is 0.146. The molecule has 0 bridgehead atoms. The van der Waals surface area contributed by atoms with Crippen LogP contribution in [0, 0.1) is 46.3 Å². The Morgan fingerprint density at radius 1 is 1.04 bits per heavy atom. The fourth-order valence-corrected chi connectivity index (χ4v) is 8.61. The van der Waals surface area contributed by atoms with Crippen molar-refractivity contribution in [2.45, 2.75) is 78.6 Å². The number of ether oxygens (including phenoxy) is 1. The van der Waals surface area contributed by atoms with Gasteiger partial charge in [0.2, 0.25) is 0 Å². The van der Waals surface area contributed by atoms with Gasteiger partial charge in [0.15, 0.2) is 0 Å². The predicted molar refractivity (Wildman–Crippen MR) is 102 cm³/mol. The molecule has 0 saturated heterocycles. The molecule has 0 aromatic rings. The highest BCUT2D eigenvalue weighted by Crippen LogP contribution is 2.68. The molecule has 4 aliphatic carbocycles. The summed E-state index contributed by atoms with van der Waals surface area (Å²) in [4.78, 5) is 12.3. The van der Waals surface area contributed by atoms with Crippen LogP contribution in [0.25, 0.3) is 0 Å². The number of hydrogen-bond donors (Lipinski definition) is 1. The lowest BCUT2D eigenvalue weighted by atomic mass is 9.42. The fourth-order valence-electron chi connectivity index (χ4n) is 8.61. The van der Waals surface area contributed by atoms with Crippen molar-refractivity contribution in [3.8, 4) is 0 Å². The van der Waals surface area contributed by atoms with E-state index < -0.39 is 0 Å². The minimum Gasteiger partial charge on any atom is -0.371 e. The highest BCUT2D eigenvalue weighted by atomic mass is 16.6. The summed E-state index contributed by atoms with van der Waals surface area (Å²) in [5.74, 6) is 4.50. The molecule has 148 valence electrons. The zero-order valence-corrected chi connectivity index (χ0v) is 17.0. The molecule has 26 heavy (non-hydrogen) atoms. The number of Topliss-reactive ketones (excluding diaryl/α,β-unsaturated/α-hetero) is 1. The first kappa shape index (κ1) is 18.9. The largest absolute Gasteiger partial charge is 0.371 e. The number of rotatable bonds is 4. The van der Waals surface area contributed by atoms with E-state index in [0.29, 0.717) is 23.0 Å². The number of aliphatic hydroxyl groups is 1. The molecule has 0 aliphatic heterocycles. The average molecular weight is 363 g/mol. The second-order valence-electron chi connectivity index (χ2n) is 10.4. The molecule has 0 spiro atoms. The van der Waals surface area contributed by atoms with E-state index in [1.54, 1.807) is 0 Å². The van der Waals surface area contributed by atoms with Gasteiger partial charge < -0.3 is 9.84 Å². The quantitative estimate of drug-likeness (QED) is 0.730. The molecular weight excluding hydrogens is 324 g/mol. The Bertz CT molecular complexity index is 546. The van der Waals surface area contributed by atoms with E-state index in [1.807, 2.05) is 6.92 Å². The molecule has 4 aliphatic rings. The summed E-state index contributed by atoms with van der Waals surface area (Å²) in [7, 11) is 0. The van der Waals surface area contributed by atoms with E-state index in [0.717, 1.165) is 36.7 Å². The lowest BCUT2D eigenvalue weighted by Gasteiger charge is -2.62. The van der Waals surface area contributed by atoms with Crippen molar-refractivity contribution in [2.75, 3.05) is 13.4 Å². The van der Waals surface area contributed by atoms with Crippen molar-refractivity contribution in [3.63, 3.8) is 0 Å². The van der Waals surface area contributed by atoms with Gasteiger partial charge in [0.25, 0.3) is 0 Å². The van der Waals surface area contributed by atoms with Crippen LogP contribution >= 0.6 is 0 Å². The number of hydrogen-bond acceptors (Lipinski definition) is 3. The zero-order chi connectivity index (χ0) is 18.5. The van der Waals surface area contributed by atoms with Crippen molar-refractivity contribution >= 4 is 5.78 Å². The molecule has 0 amide bonds. The molecule has 0 radical (unpaired) electrons. The van der Waals surface area contributed by atoms with Gasteiger partial charge in [-0.15, -0.1) is 0 Å². The van der Waals surface area contributed by atoms with Gasteiger partial charge in [0, 0.05) is 5.92 Å². The van der Waals surface area contributed by atoms with Crippen LogP contribution in [0.5, 0.6) is 0 Å². The summed E-state index contributed by atoms with van der Waals surface area (Å²) < 4.78 is 5.53. The summed E-state index contributed by atoms with van der Waals surface area (Å²) >= 11 is 0. The van der Waals surface area contributed by atoms with Gasteiger partial charge >= 0.3 is 0 Å². The normalized spacial score (nSPS) is 50.6. The van der Waals surface area contributed by atoms with Gasteiger partial charge in [-0.3, -0.25) is 4.79 Å². The van der Waals surface area contributed by atoms with Crippen molar-refractivity contribution < 1.29 is 14.6 Å². The second kappa shape index (κ2) is 6.88. The van der Waals surface area contributed by atoms with Crippen molar-refractivity contribution in [2.24, 2.45) is 46.3 Å². The summed E-state index contributed by atoms with van der Waals surface area (Å²) in [6.45, 7) is 7.41. The highest BCUT2D eigenvalue weighted by molar-refractivity contribution is 5.79. The molecule has 0 aromatic heterocycles. The van der Waals surface area contributed by atoms with Gasteiger partial charge in [-0.05, 0) is 98.7 Å². The van der Waals surface area contributed by atoms with Crippen LogP contribution < -0.4 is 0 Å². The third kappa shape index (κ3) is 2.64. The van der Waals surface area contributed by atoms with Gasteiger partial charge in [-0.1, -0.05) is 20.3 Å². The maximum Gasteiger partial charge on any atom is 0.143 e. The fraction of sp³-hybridized carbons (Fsp3) is 0.957. The Morgan fingerprint density at radius 2 is 1.85 bits per heavy atom. The molecule has 4 rings (SSSR count). The second-order valence-corrected chi connectivity index (χ2v) is 10.4. The Labute approximate surface area is 159 Å². The van der Waals surface area contributed by atoms with Gasteiger partial charge in [-0.25, -0.2) is 0 Å². The third-order valence-corrected chi connectivity index (χ3v) is 9.85. The van der Waals surface area contributed by atoms with Crippen molar-refractivity contribution in [1.82, 2.24) is 0 Å². The van der Waals surface area contributed by atoms with E-state index >= 15 is 0 Å². The molecule has 1 N–H and O–H groups in total. The number of aliphatic hydroxyl groups excluding tert-OH is 1. The molecule has 8 atom stereocenters. The smallest absolute Gasteiger partial charge is 0.143 e. The molecule has 0 heterocycles. The van der Waals surface area contributed by atoms with Crippen LogP contribution in [-0.2, 0) is 9.53 Å². The van der Waals surface area contributed by atoms with Crippen LogP contribution in [0.2, 0.25) is 0 Å². The summed E-state index contributed by atoms with van der Waals surface area (Å²) in [5.41, 5.74) is 0.619. The van der Waals surface area contributed by atoms with Crippen LogP contribution in [0.4, 0.5) is 0 Å². The molecule has 3 nitrogen and oxygen atoms in total. The summed E-state index contributed by atoms with van der Waals surface area (Å²) in [6.07, 6.45) is 11.6.